The van der Waals surface area contributed by atoms with E-state index in [-0.39, 0.29) is 11.5 Å². The maximum Gasteiger partial charge on any atom is 0.343 e. The molecule has 8 aromatic carbocycles. The van der Waals surface area contributed by atoms with Crippen molar-refractivity contribution in [3.63, 3.8) is 0 Å². The summed E-state index contributed by atoms with van der Waals surface area (Å²) in [5.74, 6) is -0.481. The molecule has 0 unspecified atom stereocenters. The molecular formula is C70H60N4O10. The Morgan fingerprint density at radius 1 is 0.369 bits per heavy atom. The summed E-state index contributed by atoms with van der Waals surface area (Å²) in [7, 11) is 0. The first-order valence-electron chi connectivity index (χ1n) is 28.0. The van der Waals surface area contributed by atoms with Crippen LogP contribution in [0.3, 0.4) is 0 Å². The number of ether oxygens (including phenoxy) is 6. The van der Waals surface area contributed by atoms with Crippen LogP contribution < -0.4 is 18.9 Å². The van der Waals surface area contributed by atoms with Gasteiger partial charge in [-0.25, -0.2) is 19.2 Å². The average Bonchev–Trinajstić information content (AvgIpc) is 2.74. The molecule has 0 fully saturated rings. The van der Waals surface area contributed by atoms with Crippen LogP contribution in [0.15, 0.2) is 216 Å². The van der Waals surface area contributed by atoms with Crippen LogP contribution in [0.4, 0.5) is 0 Å². The van der Waals surface area contributed by atoms with Crippen LogP contribution in [0.2, 0.25) is 0 Å². The van der Waals surface area contributed by atoms with Gasteiger partial charge in [-0.1, -0.05) is 110 Å². The van der Waals surface area contributed by atoms with E-state index in [2.05, 4.69) is 37.4 Å². The van der Waals surface area contributed by atoms with E-state index in [0.717, 1.165) is 108 Å². The van der Waals surface area contributed by atoms with Gasteiger partial charge in [-0.3, -0.25) is 0 Å². The van der Waals surface area contributed by atoms with Gasteiger partial charge in [0.1, 0.15) is 34.4 Å². The highest BCUT2D eigenvalue weighted by Crippen LogP contribution is 2.39. The third kappa shape index (κ3) is 13.7. The van der Waals surface area contributed by atoms with Crippen LogP contribution in [-0.4, -0.2) is 74.2 Å². The first kappa shape index (κ1) is 56.9. The molecule has 0 saturated carbocycles. The monoisotopic (exact) mass is 1120 g/mol. The standard InChI is InChI=1S/C70H60N4O10/c1-3-65(75)81-43-19-7-5-17-41-79-49-33-29-47(30-34-49)69(77)83-63-39-37-56-55(61(63)45-71-73-67-57-25-13-9-21-51(57)52-22-10-14-26-58(52)67)38-40-64(62(56)46-72-74-68-59-27-15-11-23-53(59)54-24-12-16-28-60(54)68)84-70(78)48-31-35-50(36-32-48)80-42-18-6-8-20-44-82-66(76)4-2/h3-4,9-16,21-40,45-46H,1-2,5-8,17-20,41-44H2/b71-45+,72-46+. The van der Waals surface area contributed by atoms with Gasteiger partial charge in [-0.05, 0) is 157 Å². The molecule has 2 aliphatic rings. The summed E-state index contributed by atoms with van der Waals surface area (Å²) < 4.78 is 34.5. The predicted octanol–water partition coefficient (Wildman–Crippen LogP) is 14.3. The lowest BCUT2D eigenvalue weighted by Gasteiger charge is -2.15. The molecular weight excluding hydrogens is 1060 g/mol. The number of esters is 4. The summed E-state index contributed by atoms with van der Waals surface area (Å²) in [6, 6.07) is 52.6. The Labute approximate surface area is 487 Å². The number of unbranched alkanes of at least 4 members (excludes halogenated alkanes) is 6. The van der Waals surface area contributed by atoms with Crippen molar-refractivity contribution in [2.45, 2.75) is 51.4 Å². The molecule has 0 bridgehead atoms. The summed E-state index contributed by atoms with van der Waals surface area (Å²) in [6.45, 7) is 8.49. The quantitative estimate of drug-likeness (QED) is 0.0127. The van der Waals surface area contributed by atoms with Crippen LogP contribution in [0, 0.1) is 0 Å². The Balaban J connectivity index is 0.949. The molecule has 0 amide bonds. The Bertz CT molecular complexity index is 3530. The van der Waals surface area contributed by atoms with E-state index in [1.807, 2.05) is 72.8 Å². The number of carbonyl (C=O) groups is 4. The van der Waals surface area contributed by atoms with Crippen molar-refractivity contribution >= 4 is 58.5 Å². The summed E-state index contributed by atoms with van der Waals surface area (Å²) in [4.78, 5) is 50.8. The summed E-state index contributed by atoms with van der Waals surface area (Å²) >= 11 is 0. The van der Waals surface area contributed by atoms with Crippen LogP contribution in [0.5, 0.6) is 23.0 Å². The largest absolute Gasteiger partial charge is 0.494 e. The van der Waals surface area contributed by atoms with E-state index in [1.54, 1.807) is 85.2 Å². The molecule has 0 atom stereocenters. The van der Waals surface area contributed by atoms with E-state index in [0.29, 0.717) is 82.4 Å². The topological polar surface area (TPSA) is 173 Å². The van der Waals surface area contributed by atoms with Crippen molar-refractivity contribution in [1.82, 2.24) is 0 Å². The molecule has 14 heteroatoms. The highest BCUT2D eigenvalue weighted by atomic mass is 16.5. The zero-order valence-electron chi connectivity index (χ0n) is 46.2. The van der Waals surface area contributed by atoms with Crippen LogP contribution in [-0.2, 0) is 19.1 Å². The van der Waals surface area contributed by atoms with Crippen molar-refractivity contribution in [1.29, 1.82) is 0 Å². The predicted molar refractivity (Wildman–Crippen MR) is 327 cm³/mol. The fraction of sp³-hybridized carbons (Fsp3) is 0.171. The highest BCUT2D eigenvalue weighted by Gasteiger charge is 2.26. The molecule has 0 aliphatic heterocycles. The first-order chi connectivity index (χ1) is 41.3. The lowest BCUT2D eigenvalue weighted by Crippen LogP contribution is -2.11. The summed E-state index contributed by atoms with van der Waals surface area (Å²) in [5, 5.41) is 20.2. The van der Waals surface area contributed by atoms with Gasteiger partial charge in [-0.2, -0.15) is 10.2 Å². The number of carbonyl (C=O) groups excluding carboxylic acids is 4. The second-order valence-corrected chi connectivity index (χ2v) is 19.7. The molecule has 0 saturated heterocycles. The summed E-state index contributed by atoms with van der Waals surface area (Å²) in [5.41, 5.74) is 10.8. The number of hydrogen-bond acceptors (Lipinski definition) is 14. The number of hydrogen-bond donors (Lipinski definition) is 0. The minimum Gasteiger partial charge on any atom is -0.494 e. The normalized spacial score (nSPS) is 11.8. The number of benzene rings is 8. The molecule has 420 valence electrons. The smallest absolute Gasteiger partial charge is 0.343 e. The Morgan fingerprint density at radius 2 is 0.690 bits per heavy atom. The number of rotatable bonds is 26. The molecule has 0 radical (unpaired) electrons. The summed E-state index contributed by atoms with van der Waals surface area (Å²) in [6.07, 6.45) is 12.1. The SMILES string of the molecule is C=CC(=O)OCCCCCCOc1ccc(C(=O)Oc2ccc3c(/C=N/N=C4c5ccccc5-c5ccccc54)c(OC(=O)c4ccc(OCCCCCCOC(=O)C=C)cc4)ccc3c2/C=N/N=C2c3ccccc3-c3ccccc32)cc1. The van der Waals surface area contributed by atoms with Crippen molar-refractivity contribution in [3.05, 3.63) is 240 Å². The first-order valence-corrected chi connectivity index (χ1v) is 28.0. The van der Waals surface area contributed by atoms with Crippen LogP contribution >= 0.6 is 0 Å². The molecule has 0 spiro atoms. The van der Waals surface area contributed by atoms with Gasteiger partial charge >= 0.3 is 23.9 Å². The third-order valence-corrected chi connectivity index (χ3v) is 14.2. The third-order valence-electron chi connectivity index (χ3n) is 14.2. The van der Waals surface area contributed by atoms with Gasteiger partial charge in [0.2, 0.25) is 0 Å². The van der Waals surface area contributed by atoms with Gasteiger partial charge < -0.3 is 28.4 Å². The zero-order valence-corrected chi connectivity index (χ0v) is 46.2. The van der Waals surface area contributed by atoms with E-state index >= 15 is 0 Å². The molecule has 10 rings (SSSR count). The van der Waals surface area contributed by atoms with Crippen molar-refractivity contribution in [3.8, 4) is 45.3 Å². The van der Waals surface area contributed by atoms with Gasteiger partial charge in [0.15, 0.2) is 0 Å². The molecule has 14 nitrogen and oxygen atoms in total. The highest BCUT2D eigenvalue weighted by molar-refractivity contribution is 6.25. The van der Waals surface area contributed by atoms with Gasteiger partial charge in [0.25, 0.3) is 0 Å². The molecule has 84 heavy (non-hydrogen) atoms. The molecule has 2 aliphatic carbocycles. The minimum absolute atomic E-state index is 0.198. The van der Waals surface area contributed by atoms with E-state index in [9.17, 15) is 19.2 Å². The number of nitrogens with zero attached hydrogens (tertiary/aromatic N) is 4. The molecule has 8 aromatic rings. The van der Waals surface area contributed by atoms with Crippen molar-refractivity contribution in [2.75, 3.05) is 26.4 Å². The Morgan fingerprint density at radius 3 is 1.02 bits per heavy atom. The van der Waals surface area contributed by atoms with E-state index < -0.39 is 23.9 Å². The van der Waals surface area contributed by atoms with E-state index in [1.165, 1.54) is 0 Å². The fourth-order valence-corrected chi connectivity index (χ4v) is 10.00. The molecule has 0 aromatic heterocycles. The maximum atomic E-state index is 14.1. The fourth-order valence-electron chi connectivity index (χ4n) is 10.00. The second kappa shape index (κ2) is 27.9. The minimum atomic E-state index is -0.616. The average molecular weight is 1120 g/mol. The van der Waals surface area contributed by atoms with Gasteiger partial charge in [0, 0.05) is 45.5 Å². The lowest BCUT2D eigenvalue weighted by molar-refractivity contribution is -0.138. The number of fused-ring (bicyclic) bond motifs is 7. The van der Waals surface area contributed by atoms with Gasteiger partial charge in [0.05, 0.1) is 50.0 Å². The van der Waals surface area contributed by atoms with Crippen molar-refractivity contribution in [2.24, 2.45) is 20.4 Å². The maximum absolute atomic E-state index is 14.1. The van der Waals surface area contributed by atoms with Gasteiger partial charge in [-0.15, -0.1) is 10.2 Å². The van der Waals surface area contributed by atoms with E-state index in [4.69, 9.17) is 48.8 Å². The van der Waals surface area contributed by atoms with Crippen LogP contribution in [0.25, 0.3) is 33.0 Å². The van der Waals surface area contributed by atoms with Crippen LogP contribution in [0.1, 0.15) is 105 Å². The molecule has 0 heterocycles. The molecule has 0 N–H and O–H groups in total. The zero-order chi connectivity index (χ0) is 58.0. The second-order valence-electron chi connectivity index (χ2n) is 19.7. The van der Waals surface area contributed by atoms with Crippen molar-refractivity contribution < 1.29 is 47.6 Å². The Hall–Kier alpha value is -10.3. The lowest BCUT2D eigenvalue weighted by atomic mass is 9.99. The Kier molecular flexibility index (Phi) is 18.9.